The van der Waals surface area contributed by atoms with Gasteiger partial charge in [0, 0.05) is 5.69 Å². The molecule has 0 radical (unpaired) electrons. The summed E-state index contributed by atoms with van der Waals surface area (Å²) < 4.78 is 29.3. The van der Waals surface area contributed by atoms with Crippen LogP contribution in [0.4, 0.5) is 8.78 Å². The molecule has 0 aliphatic heterocycles. The van der Waals surface area contributed by atoms with Gasteiger partial charge in [-0.2, -0.15) is 13.9 Å². The van der Waals surface area contributed by atoms with E-state index in [0.717, 1.165) is 11.3 Å². The van der Waals surface area contributed by atoms with Gasteiger partial charge < -0.3 is 4.74 Å². The molecule has 0 aliphatic rings. The fraction of sp³-hybridized carbons (Fsp3) is 0.700. The highest BCUT2D eigenvalue weighted by Gasteiger charge is 2.09. The molecule has 0 saturated carbocycles. The van der Waals surface area contributed by atoms with Gasteiger partial charge in [0.05, 0.1) is 19.3 Å². The molecule has 0 aromatic carbocycles. The van der Waals surface area contributed by atoms with Gasteiger partial charge in [-0.25, -0.2) is 0 Å². The second-order valence-corrected chi connectivity index (χ2v) is 3.69. The summed E-state index contributed by atoms with van der Waals surface area (Å²) >= 11 is 0. The van der Waals surface area contributed by atoms with Gasteiger partial charge in [0.15, 0.2) is 0 Å². The van der Waals surface area contributed by atoms with Crippen LogP contribution in [0.15, 0.2) is 6.20 Å². The third kappa shape index (κ3) is 3.27. The zero-order valence-electron chi connectivity index (χ0n) is 9.20. The van der Waals surface area contributed by atoms with Gasteiger partial charge in [-0.05, 0) is 18.4 Å². The lowest BCUT2D eigenvalue weighted by atomic mass is 10.1. The van der Waals surface area contributed by atoms with Crippen LogP contribution < -0.4 is 0 Å². The lowest BCUT2D eigenvalue weighted by Crippen LogP contribution is -2.11. The maximum atomic E-state index is 11.7. The maximum absolute atomic E-state index is 11.7. The smallest absolute Gasteiger partial charge is 0.321 e. The molecule has 1 rings (SSSR count). The first kappa shape index (κ1) is 12.1. The minimum Gasteiger partial charge on any atom is -0.321 e. The summed E-state index contributed by atoms with van der Waals surface area (Å²) in [5.41, 5.74) is 2.16. The zero-order chi connectivity index (χ0) is 11.4. The Morgan fingerprint density at radius 2 is 2.13 bits per heavy atom. The van der Waals surface area contributed by atoms with Gasteiger partial charge in [-0.3, -0.25) is 4.68 Å². The second kappa shape index (κ2) is 5.21. The predicted molar refractivity (Wildman–Crippen MR) is 53.0 cm³/mol. The van der Waals surface area contributed by atoms with Crippen molar-refractivity contribution < 1.29 is 13.5 Å². The molecule has 5 heteroatoms. The van der Waals surface area contributed by atoms with E-state index in [9.17, 15) is 8.78 Å². The third-order valence-electron chi connectivity index (χ3n) is 2.31. The van der Waals surface area contributed by atoms with Gasteiger partial charge in [-0.1, -0.05) is 13.8 Å². The second-order valence-electron chi connectivity index (χ2n) is 3.69. The standard InChI is InChI=1S/C10H16F2N2O/c1-7(2)9-6-13-14(8(9)3)4-5-15-10(11)12/h6-7,10H,4-5H2,1-3H3. The van der Waals surface area contributed by atoms with Gasteiger partial charge >= 0.3 is 6.61 Å². The lowest BCUT2D eigenvalue weighted by Gasteiger charge is -2.07. The predicted octanol–water partition coefficient (Wildman–Crippen LogP) is 2.55. The molecule has 3 nitrogen and oxygen atoms in total. The summed E-state index contributed by atoms with van der Waals surface area (Å²) in [7, 11) is 0. The van der Waals surface area contributed by atoms with Crippen molar-refractivity contribution in [1.29, 1.82) is 0 Å². The van der Waals surface area contributed by atoms with E-state index in [1.54, 1.807) is 10.9 Å². The van der Waals surface area contributed by atoms with Crippen molar-refractivity contribution in [2.75, 3.05) is 6.61 Å². The molecular formula is C10H16F2N2O. The summed E-state index contributed by atoms with van der Waals surface area (Å²) in [5.74, 6) is 0.398. The van der Waals surface area contributed by atoms with E-state index in [1.165, 1.54) is 0 Å². The molecule has 0 atom stereocenters. The molecule has 0 unspecified atom stereocenters. The fourth-order valence-corrected chi connectivity index (χ4v) is 1.48. The summed E-state index contributed by atoms with van der Waals surface area (Å²) in [4.78, 5) is 0. The lowest BCUT2D eigenvalue weighted by molar-refractivity contribution is -0.130. The van der Waals surface area contributed by atoms with Crippen molar-refractivity contribution in [1.82, 2.24) is 9.78 Å². The van der Waals surface area contributed by atoms with Crippen molar-refractivity contribution in [2.24, 2.45) is 0 Å². The minimum absolute atomic E-state index is 0.0161. The molecule has 0 spiro atoms. The highest BCUT2D eigenvalue weighted by molar-refractivity contribution is 5.19. The first-order chi connectivity index (χ1) is 7.02. The maximum Gasteiger partial charge on any atom is 0.345 e. The van der Waals surface area contributed by atoms with Crippen molar-refractivity contribution in [2.45, 2.75) is 39.8 Å². The average molecular weight is 218 g/mol. The summed E-state index contributed by atoms with van der Waals surface area (Å²) in [6.45, 7) is 3.73. The first-order valence-electron chi connectivity index (χ1n) is 4.94. The number of hydrogen-bond donors (Lipinski definition) is 0. The first-order valence-corrected chi connectivity index (χ1v) is 4.94. The Balaban J connectivity index is 2.55. The number of alkyl halides is 2. The normalized spacial score (nSPS) is 11.7. The van der Waals surface area contributed by atoms with Crippen molar-refractivity contribution in [3.05, 3.63) is 17.5 Å². The van der Waals surface area contributed by atoms with E-state index in [0.29, 0.717) is 12.5 Å². The monoisotopic (exact) mass is 218 g/mol. The minimum atomic E-state index is -2.70. The van der Waals surface area contributed by atoms with E-state index < -0.39 is 6.61 Å². The number of ether oxygens (including phenoxy) is 1. The summed E-state index contributed by atoms with van der Waals surface area (Å²) in [6.07, 6.45) is 1.78. The van der Waals surface area contributed by atoms with Crippen LogP contribution in [0.2, 0.25) is 0 Å². The number of rotatable bonds is 5. The van der Waals surface area contributed by atoms with E-state index in [2.05, 4.69) is 23.7 Å². The fourth-order valence-electron chi connectivity index (χ4n) is 1.48. The Hall–Kier alpha value is -0.970. The van der Waals surface area contributed by atoms with Crippen molar-refractivity contribution in [3.63, 3.8) is 0 Å². The van der Waals surface area contributed by atoms with Crippen LogP contribution in [0.1, 0.15) is 31.0 Å². The van der Waals surface area contributed by atoms with Crippen molar-refractivity contribution in [3.8, 4) is 0 Å². The SMILES string of the molecule is Cc1c(C(C)C)cnn1CCOC(F)F. The number of hydrogen-bond acceptors (Lipinski definition) is 2. The van der Waals surface area contributed by atoms with Crippen LogP contribution in [0.25, 0.3) is 0 Å². The molecular weight excluding hydrogens is 202 g/mol. The molecule has 15 heavy (non-hydrogen) atoms. The summed E-state index contributed by atoms with van der Waals surface area (Å²) in [6, 6.07) is 0. The number of aromatic nitrogens is 2. The topological polar surface area (TPSA) is 27.1 Å². The highest BCUT2D eigenvalue weighted by Crippen LogP contribution is 2.17. The van der Waals surface area contributed by atoms with Gasteiger partial charge in [0.25, 0.3) is 0 Å². The van der Waals surface area contributed by atoms with Crippen LogP contribution in [0, 0.1) is 6.92 Å². The molecule has 1 heterocycles. The van der Waals surface area contributed by atoms with E-state index in [4.69, 9.17) is 0 Å². The molecule has 1 aromatic heterocycles. The average Bonchev–Trinajstić information content (AvgIpc) is 2.47. The Morgan fingerprint density at radius 3 is 2.60 bits per heavy atom. The Bertz CT molecular complexity index is 310. The third-order valence-corrected chi connectivity index (χ3v) is 2.31. The number of halogens is 2. The molecule has 0 aliphatic carbocycles. The number of nitrogens with zero attached hydrogens (tertiary/aromatic N) is 2. The van der Waals surface area contributed by atoms with E-state index in [1.807, 2.05) is 6.92 Å². The van der Waals surface area contributed by atoms with Crippen LogP contribution >= 0.6 is 0 Å². The quantitative estimate of drug-likeness (QED) is 0.759. The largest absolute Gasteiger partial charge is 0.345 e. The molecule has 86 valence electrons. The van der Waals surface area contributed by atoms with Gasteiger partial charge in [0.1, 0.15) is 0 Å². The molecule has 0 fully saturated rings. The molecule has 0 amide bonds. The molecule has 0 bridgehead atoms. The van der Waals surface area contributed by atoms with Crippen LogP contribution in [0.5, 0.6) is 0 Å². The highest BCUT2D eigenvalue weighted by atomic mass is 19.3. The van der Waals surface area contributed by atoms with Crippen molar-refractivity contribution >= 4 is 0 Å². The van der Waals surface area contributed by atoms with Gasteiger partial charge in [-0.15, -0.1) is 0 Å². The molecule has 0 saturated heterocycles. The van der Waals surface area contributed by atoms with E-state index in [-0.39, 0.29) is 6.61 Å². The van der Waals surface area contributed by atoms with Gasteiger partial charge in [0.2, 0.25) is 0 Å². The Morgan fingerprint density at radius 1 is 1.47 bits per heavy atom. The molecule has 0 N–H and O–H groups in total. The van der Waals surface area contributed by atoms with Crippen LogP contribution in [0.3, 0.4) is 0 Å². The van der Waals surface area contributed by atoms with Crippen LogP contribution in [-0.4, -0.2) is 23.0 Å². The Labute approximate surface area is 88.0 Å². The summed E-state index contributed by atoms with van der Waals surface area (Å²) in [5, 5.41) is 4.13. The van der Waals surface area contributed by atoms with E-state index >= 15 is 0 Å². The molecule has 1 aromatic rings. The Kier molecular flexibility index (Phi) is 4.20. The zero-order valence-corrected chi connectivity index (χ0v) is 9.20. The van der Waals surface area contributed by atoms with Crippen LogP contribution in [-0.2, 0) is 11.3 Å².